The van der Waals surface area contributed by atoms with Crippen molar-refractivity contribution in [1.29, 1.82) is 0 Å². The Balaban J connectivity index is 1.34. The predicted octanol–water partition coefficient (Wildman–Crippen LogP) is 6.13. The number of ether oxygens (including phenoxy) is 3. The first kappa shape index (κ1) is 35.5. The number of anilines is 1. The number of halogens is 1. The number of nitrogens with zero attached hydrogens (tertiary/aromatic N) is 2. The fourth-order valence-electron chi connectivity index (χ4n) is 7.85. The van der Waals surface area contributed by atoms with Crippen LogP contribution in [0.2, 0.25) is 5.02 Å². The van der Waals surface area contributed by atoms with Gasteiger partial charge in [-0.05, 0) is 124 Å². The normalized spacial score (nSPS) is 31.7. The number of fused-ring (bicyclic) bond motifs is 3. The maximum Gasteiger partial charge on any atom is 0.264 e. The number of hydrogen-bond acceptors (Lipinski definition) is 8. The molecule has 264 valence electrons. The van der Waals surface area contributed by atoms with Crippen molar-refractivity contribution in [3.8, 4) is 5.75 Å². The molecule has 2 aromatic carbocycles. The molecule has 0 radical (unpaired) electrons. The highest BCUT2D eigenvalue weighted by Crippen LogP contribution is 2.46. The highest BCUT2D eigenvalue weighted by molar-refractivity contribution is 7.90. The monoisotopic (exact) mass is 701 g/mol. The molecule has 1 amide bonds. The minimum absolute atomic E-state index is 0.110. The van der Waals surface area contributed by atoms with Gasteiger partial charge < -0.3 is 24.0 Å². The fraction of sp³-hybridized carbons (Fsp3) is 0.649. The van der Waals surface area contributed by atoms with Gasteiger partial charge in [0.25, 0.3) is 5.91 Å². The number of sulfonamides is 1. The van der Waals surface area contributed by atoms with Gasteiger partial charge in [0.1, 0.15) is 12.4 Å². The van der Waals surface area contributed by atoms with E-state index in [0.29, 0.717) is 43.0 Å². The first-order chi connectivity index (χ1) is 23.0. The second-order valence-electron chi connectivity index (χ2n) is 14.8. The van der Waals surface area contributed by atoms with Crippen molar-refractivity contribution in [2.75, 3.05) is 51.1 Å². The average molecular weight is 702 g/mol. The number of aryl methyl sites for hydroxylation is 1. The van der Waals surface area contributed by atoms with E-state index in [2.05, 4.69) is 35.5 Å². The van der Waals surface area contributed by atoms with Crippen LogP contribution in [0.25, 0.3) is 0 Å². The summed E-state index contributed by atoms with van der Waals surface area (Å²) in [7, 11) is 0.259. The van der Waals surface area contributed by atoms with Crippen molar-refractivity contribution in [2.24, 2.45) is 29.6 Å². The zero-order valence-corrected chi connectivity index (χ0v) is 30.4. The van der Waals surface area contributed by atoms with Crippen LogP contribution in [0.5, 0.6) is 5.75 Å². The largest absolute Gasteiger partial charge is 0.487 e. The molecule has 9 nitrogen and oxygen atoms in total. The minimum atomic E-state index is -3.86. The molecule has 2 aromatic rings. The summed E-state index contributed by atoms with van der Waals surface area (Å²) < 4.78 is 48.3. The minimum Gasteiger partial charge on any atom is -0.487 e. The van der Waals surface area contributed by atoms with E-state index < -0.39 is 15.9 Å². The molecule has 0 unspecified atom stereocenters. The van der Waals surface area contributed by atoms with Gasteiger partial charge in [0.2, 0.25) is 10.0 Å². The number of rotatable bonds is 2. The van der Waals surface area contributed by atoms with E-state index in [0.717, 1.165) is 74.3 Å². The molecule has 1 saturated carbocycles. The first-order valence-corrected chi connectivity index (χ1v) is 19.7. The standard InChI is InChI=1S/C37H52ClN3O6S/c1-24-8-13-33(37-46-21-31(22-47-37)40(3)4)32-14-10-28(32)19-41-16-6-5-7-26-17-30(38)12-9-29(26)20-45-35-15-11-27(18-34(35)41)36(42)39-48(43,44)23-25(24)2/h9,11-12,15,17-18,24-25,28,31-33,37H,5-8,10,13-14,16,19-23H2,1-4H3,(H,39,42)/t24-,25+,28+,31-,32-,33+,37+/m1/s1. The molecule has 0 spiro atoms. The van der Waals surface area contributed by atoms with E-state index in [1.54, 1.807) is 6.07 Å². The first-order valence-electron chi connectivity index (χ1n) is 17.7. The zero-order valence-electron chi connectivity index (χ0n) is 28.8. The molecule has 48 heavy (non-hydrogen) atoms. The lowest BCUT2D eigenvalue weighted by Gasteiger charge is -2.48. The molecule has 3 aliphatic heterocycles. The topological polar surface area (TPSA) is 97.4 Å². The summed E-state index contributed by atoms with van der Waals surface area (Å²) in [5, 5.41) is 0.720. The van der Waals surface area contributed by atoms with Gasteiger partial charge in [0, 0.05) is 29.6 Å². The van der Waals surface area contributed by atoms with Gasteiger partial charge in [-0.2, -0.15) is 0 Å². The molecule has 0 aromatic heterocycles. The lowest BCUT2D eigenvalue weighted by Crippen LogP contribution is -2.51. The summed E-state index contributed by atoms with van der Waals surface area (Å²) in [5.74, 6) is 1.06. The number of nitrogens with one attached hydrogen (secondary N) is 1. The van der Waals surface area contributed by atoms with Gasteiger partial charge in [0.05, 0.1) is 30.7 Å². The highest BCUT2D eigenvalue weighted by atomic mass is 35.5. The molecular weight excluding hydrogens is 650 g/mol. The van der Waals surface area contributed by atoms with E-state index in [-0.39, 0.29) is 35.8 Å². The maximum absolute atomic E-state index is 13.4. The molecule has 5 atom stereocenters. The number of carbonyl (C=O) groups is 1. The van der Waals surface area contributed by atoms with Gasteiger partial charge in [0.15, 0.2) is 6.29 Å². The third-order valence-electron chi connectivity index (χ3n) is 11.4. The Labute approximate surface area is 291 Å². The molecule has 1 aliphatic carbocycles. The Morgan fingerprint density at radius 2 is 1.69 bits per heavy atom. The summed E-state index contributed by atoms with van der Waals surface area (Å²) >= 11 is 6.37. The van der Waals surface area contributed by atoms with E-state index in [4.69, 9.17) is 25.8 Å². The van der Waals surface area contributed by atoms with Crippen LogP contribution in [0.3, 0.4) is 0 Å². The Morgan fingerprint density at radius 3 is 2.42 bits per heavy atom. The van der Waals surface area contributed by atoms with Crippen molar-refractivity contribution in [2.45, 2.75) is 77.7 Å². The van der Waals surface area contributed by atoms with Crippen LogP contribution in [0.4, 0.5) is 5.69 Å². The van der Waals surface area contributed by atoms with E-state index >= 15 is 0 Å². The van der Waals surface area contributed by atoms with Crippen molar-refractivity contribution >= 4 is 33.2 Å². The average Bonchev–Trinajstić information content (AvgIpc) is 3.07. The highest BCUT2D eigenvalue weighted by Gasteiger charge is 2.44. The van der Waals surface area contributed by atoms with Crippen LogP contribution in [-0.4, -0.2) is 77.7 Å². The fourth-order valence-corrected chi connectivity index (χ4v) is 9.54. The Kier molecular flexibility index (Phi) is 11.3. The molecule has 3 heterocycles. The van der Waals surface area contributed by atoms with Crippen molar-refractivity contribution in [1.82, 2.24) is 9.62 Å². The van der Waals surface area contributed by atoms with Crippen molar-refractivity contribution < 1.29 is 27.4 Å². The molecule has 2 bridgehead atoms. The van der Waals surface area contributed by atoms with Crippen LogP contribution in [0.1, 0.15) is 73.9 Å². The van der Waals surface area contributed by atoms with Crippen LogP contribution < -0.4 is 14.4 Å². The SMILES string of the molecule is C[C@@H]1CC[C@H]([C@H]2OC[C@@H](N(C)C)CO2)[C@@H]2CC[C@H]2CN2CCCCc3cc(Cl)ccc3COc3ccc(cc32)C(=O)NS(=O)(=O)C[C@@H]1C. The van der Waals surface area contributed by atoms with Crippen LogP contribution in [0.15, 0.2) is 36.4 Å². The van der Waals surface area contributed by atoms with Gasteiger partial charge in [-0.3, -0.25) is 4.79 Å². The van der Waals surface area contributed by atoms with Crippen molar-refractivity contribution in [3.05, 3.63) is 58.1 Å². The lowest BCUT2D eigenvalue weighted by atomic mass is 9.64. The zero-order chi connectivity index (χ0) is 34.0. The maximum atomic E-state index is 13.4. The van der Waals surface area contributed by atoms with Gasteiger partial charge >= 0.3 is 0 Å². The smallest absolute Gasteiger partial charge is 0.264 e. The van der Waals surface area contributed by atoms with Crippen molar-refractivity contribution in [3.63, 3.8) is 0 Å². The van der Waals surface area contributed by atoms with Gasteiger partial charge in [-0.25, -0.2) is 13.1 Å². The molecule has 11 heteroatoms. The Hall–Kier alpha value is -2.37. The predicted molar refractivity (Wildman–Crippen MR) is 189 cm³/mol. The van der Waals surface area contributed by atoms with Crippen LogP contribution in [-0.2, 0) is 32.5 Å². The quantitative estimate of drug-likeness (QED) is 0.400. The second kappa shape index (κ2) is 15.3. The summed E-state index contributed by atoms with van der Waals surface area (Å²) in [6.07, 6.45) is 6.58. The number of benzene rings is 2. The second-order valence-corrected chi connectivity index (χ2v) is 17.1. The molecule has 2 fully saturated rings. The number of amides is 1. The van der Waals surface area contributed by atoms with E-state index in [9.17, 15) is 13.2 Å². The third-order valence-corrected chi connectivity index (χ3v) is 13.1. The Morgan fingerprint density at radius 1 is 0.917 bits per heavy atom. The Bertz CT molecular complexity index is 1550. The molecule has 1 N–H and O–H groups in total. The van der Waals surface area contributed by atoms with Crippen LogP contribution in [0, 0.1) is 29.6 Å². The number of likely N-dealkylation sites (N-methyl/N-ethyl adjacent to an activating group) is 1. The van der Waals surface area contributed by atoms with Gasteiger partial charge in [-0.15, -0.1) is 0 Å². The summed E-state index contributed by atoms with van der Waals surface area (Å²) in [6, 6.07) is 11.5. The van der Waals surface area contributed by atoms with E-state index in [1.807, 2.05) is 37.3 Å². The summed E-state index contributed by atoms with van der Waals surface area (Å²) in [6.45, 7) is 7.36. The molecule has 6 rings (SSSR count). The van der Waals surface area contributed by atoms with Crippen LogP contribution >= 0.6 is 11.6 Å². The summed E-state index contributed by atoms with van der Waals surface area (Å²) in [4.78, 5) is 18.0. The summed E-state index contributed by atoms with van der Waals surface area (Å²) in [5.41, 5.74) is 3.42. The van der Waals surface area contributed by atoms with Gasteiger partial charge in [-0.1, -0.05) is 31.5 Å². The molecular formula is C37H52ClN3O6S. The third kappa shape index (κ3) is 8.32. The molecule has 4 aliphatic rings. The lowest BCUT2D eigenvalue weighted by molar-refractivity contribution is -0.241. The van der Waals surface area contributed by atoms with E-state index in [1.165, 1.54) is 5.56 Å². The number of carbonyl (C=O) groups excluding carboxylic acids is 1. The number of hydrogen-bond donors (Lipinski definition) is 1. The molecule has 1 saturated heterocycles.